The van der Waals surface area contributed by atoms with Crippen LogP contribution in [-0.2, 0) is 43.0 Å². The van der Waals surface area contributed by atoms with Crippen LogP contribution in [0.1, 0.15) is 47.0 Å². The summed E-state index contributed by atoms with van der Waals surface area (Å²) in [6.45, 7) is 9.16. The lowest BCUT2D eigenvalue weighted by Gasteiger charge is -2.44. The SMILES string of the molecule is CC(=O)NC1C(OC(C)=O)[C@@H](OC(C)=O)C(COC(C)=O)O[C@H]1ONCCCNCCCNCCCN. The molecule has 6 N–H and O–H groups in total. The Morgan fingerprint density at radius 1 is 0.784 bits per heavy atom. The molecule has 0 aromatic rings. The van der Waals surface area contributed by atoms with Crippen LogP contribution in [0.2, 0.25) is 0 Å². The molecule has 0 spiro atoms. The average molecular weight is 534 g/mol. The highest BCUT2D eigenvalue weighted by Crippen LogP contribution is 2.27. The van der Waals surface area contributed by atoms with Gasteiger partial charge in [0, 0.05) is 34.2 Å². The van der Waals surface area contributed by atoms with E-state index in [1.807, 2.05) is 0 Å². The third-order valence-electron chi connectivity index (χ3n) is 5.17. The minimum atomic E-state index is -1.16. The van der Waals surface area contributed by atoms with E-state index in [1.54, 1.807) is 0 Å². The zero-order valence-corrected chi connectivity index (χ0v) is 22.2. The van der Waals surface area contributed by atoms with Crippen molar-refractivity contribution in [3.05, 3.63) is 0 Å². The van der Waals surface area contributed by atoms with Crippen molar-refractivity contribution in [1.82, 2.24) is 21.4 Å². The highest BCUT2D eigenvalue weighted by atomic mass is 16.8. The number of hydrogen-bond acceptors (Lipinski definition) is 13. The number of nitrogens with two attached hydrogens (primary N) is 1. The van der Waals surface area contributed by atoms with Gasteiger partial charge in [-0.25, -0.2) is 0 Å². The average Bonchev–Trinajstić information content (AvgIpc) is 2.81. The second kappa shape index (κ2) is 18.8. The van der Waals surface area contributed by atoms with Crippen molar-refractivity contribution in [2.24, 2.45) is 5.73 Å². The fraction of sp³-hybridized carbons (Fsp3) is 0.826. The molecule has 1 saturated heterocycles. The van der Waals surface area contributed by atoms with Crippen molar-refractivity contribution in [3.63, 3.8) is 0 Å². The van der Waals surface area contributed by atoms with Gasteiger partial charge in [-0.05, 0) is 52.0 Å². The van der Waals surface area contributed by atoms with E-state index in [2.05, 4.69) is 21.4 Å². The standard InChI is InChI=1S/C23H43N5O9/c1-15(29)28-20-22(35-18(4)32)21(34-17(3)31)19(14-33-16(2)30)36-23(20)37-27-13-7-12-26-11-6-10-25-9-5-8-24/h19-23,25-27H,5-14,24H2,1-4H3,(H,28,29)/t19?,20?,21-,22?,23-/m0/s1. The third-order valence-corrected chi connectivity index (χ3v) is 5.17. The van der Waals surface area contributed by atoms with E-state index < -0.39 is 54.5 Å². The van der Waals surface area contributed by atoms with E-state index in [0.29, 0.717) is 13.1 Å². The molecule has 0 bridgehead atoms. The zero-order chi connectivity index (χ0) is 27.6. The van der Waals surface area contributed by atoms with Gasteiger partial charge in [0.05, 0.1) is 0 Å². The summed E-state index contributed by atoms with van der Waals surface area (Å²) in [5.74, 6) is -2.36. The molecule has 0 saturated carbocycles. The molecule has 3 unspecified atom stereocenters. The smallest absolute Gasteiger partial charge is 0.303 e. The number of nitrogens with one attached hydrogen (secondary N) is 4. The summed E-state index contributed by atoms with van der Waals surface area (Å²) in [5.41, 5.74) is 8.26. The highest BCUT2D eigenvalue weighted by molar-refractivity contribution is 5.73. The van der Waals surface area contributed by atoms with Crippen molar-refractivity contribution in [2.45, 2.75) is 77.6 Å². The molecule has 0 aliphatic carbocycles. The normalized spacial score (nSPS) is 23.2. The molecule has 1 aliphatic rings. The van der Waals surface area contributed by atoms with Crippen molar-refractivity contribution in [2.75, 3.05) is 45.9 Å². The molecule has 14 heteroatoms. The molecule has 0 aromatic carbocycles. The topological polar surface area (TPSA) is 189 Å². The second-order valence-corrected chi connectivity index (χ2v) is 8.58. The minimum absolute atomic E-state index is 0.289. The summed E-state index contributed by atoms with van der Waals surface area (Å²) >= 11 is 0. The lowest BCUT2D eigenvalue weighted by atomic mass is 9.96. The van der Waals surface area contributed by atoms with Gasteiger partial charge in [-0.3, -0.25) is 24.0 Å². The predicted molar refractivity (Wildman–Crippen MR) is 132 cm³/mol. The van der Waals surface area contributed by atoms with Crippen molar-refractivity contribution < 1.29 is 43.0 Å². The molecule has 1 fully saturated rings. The van der Waals surface area contributed by atoms with Gasteiger partial charge in [-0.1, -0.05) is 0 Å². The maximum Gasteiger partial charge on any atom is 0.303 e. The number of carbonyl (C=O) groups is 4. The van der Waals surface area contributed by atoms with Gasteiger partial charge in [-0.15, -0.1) is 0 Å². The molecule has 5 atom stereocenters. The molecule has 37 heavy (non-hydrogen) atoms. The Morgan fingerprint density at radius 3 is 1.89 bits per heavy atom. The first-order chi connectivity index (χ1) is 17.6. The largest absolute Gasteiger partial charge is 0.463 e. The summed E-state index contributed by atoms with van der Waals surface area (Å²) in [6, 6.07) is -1.02. The van der Waals surface area contributed by atoms with E-state index in [9.17, 15) is 19.2 Å². The molecule has 14 nitrogen and oxygen atoms in total. The van der Waals surface area contributed by atoms with Gasteiger partial charge in [0.2, 0.25) is 12.2 Å². The molecular weight excluding hydrogens is 490 g/mol. The summed E-state index contributed by atoms with van der Waals surface area (Å²) in [6.07, 6.45) is -1.80. The Hall–Kier alpha value is -2.36. The number of ether oxygens (including phenoxy) is 4. The highest BCUT2D eigenvalue weighted by Gasteiger charge is 2.51. The Labute approximate surface area is 217 Å². The summed E-state index contributed by atoms with van der Waals surface area (Å²) in [4.78, 5) is 52.6. The quantitative estimate of drug-likeness (QED) is 0.0591. The van der Waals surface area contributed by atoms with E-state index in [0.717, 1.165) is 45.4 Å². The molecule has 1 aliphatic heterocycles. The molecule has 1 rings (SSSR count). The Balaban J connectivity index is 2.71. The first-order valence-electron chi connectivity index (χ1n) is 12.6. The van der Waals surface area contributed by atoms with E-state index >= 15 is 0 Å². The van der Waals surface area contributed by atoms with Gasteiger partial charge in [-0.2, -0.15) is 5.48 Å². The van der Waals surface area contributed by atoms with Crippen molar-refractivity contribution in [1.29, 1.82) is 0 Å². The van der Waals surface area contributed by atoms with Crippen LogP contribution in [0.15, 0.2) is 0 Å². The van der Waals surface area contributed by atoms with Gasteiger partial charge < -0.3 is 40.6 Å². The molecule has 0 radical (unpaired) electrons. The van der Waals surface area contributed by atoms with E-state index in [-0.39, 0.29) is 6.61 Å². The minimum Gasteiger partial charge on any atom is -0.463 e. The van der Waals surface area contributed by atoms with Gasteiger partial charge in [0.25, 0.3) is 0 Å². The van der Waals surface area contributed by atoms with Gasteiger partial charge in [0.1, 0.15) is 18.8 Å². The zero-order valence-electron chi connectivity index (χ0n) is 22.2. The summed E-state index contributed by atoms with van der Waals surface area (Å²) in [7, 11) is 0. The van der Waals surface area contributed by atoms with Crippen LogP contribution in [0.3, 0.4) is 0 Å². The first kappa shape index (κ1) is 32.7. The number of carbonyl (C=O) groups excluding carboxylic acids is 4. The third kappa shape index (κ3) is 14.2. The number of hydrogen-bond donors (Lipinski definition) is 5. The molecule has 1 heterocycles. The summed E-state index contributed by atoms with van der Waals surface area (Å²) < 4.78 is 21.7. The maximum atomic E-state index is 11.9. The molecule has 0 aromatic heterocycles. The maximum absolute atomic E-state index is 11.9. The van der Waals surface area contributed by atoms with Gasteiger partial charge in [0.15, 0.2) is 12.2 Å². The van der Waals surface area contributed by atoms with Crippen LogP contribution >= 0.6 is 0 Å². The monoisotopic (exact) mass is 533 g/mol. The Kier molecular flexibility index (Phi) is 16.6. The van der Waals surface area contributed by atoms with E-state index in [1.165, 1.54) is 27.7 Å². The fourth-order valence-corrected chi connectivity index (χ4v) is 3.63. The van der Waals surface area contributed by atoms with Crippen LogP contribution < -0.4 is 27.2 Å². The number of esters is 3. The van der Waals surface area contributed by atoms with Gasteiger partial charge >= 0.3 is 17.9 Å². The van der Waals surface area contributed by atoms with Crippen LogP contribution in [0.5, 0.6) is 0 Å². The Morgan fingerprint density at radius 2 is 1.35 bits per heavy atom. The number of rotatable bonds is 18. The lowest BCUT2D eigenvalue weighted by molar-refractivity contribution is -0.292. The molecule has 1 amide bonds. The van der Waals surface area contributed by atoms with Crippen LogP contribution in [0.4, 0.5) is 0 Å². The van der Waals surface area contributed by atoms with Crippen molar-refractivity contribution in [3.8, 4) is 0 Å². The Bertz CT molecular complexity index is 712. The van der Waals surface area contributed by atoms with Crippen LogP contribution in [0.25, 0.3) is 0 Å². The number of hydroxylamine groups is 1. The van der Waals surface area contributed by atoms with Crippen LogP contribution in [-0.4, -0.2) is 100 Å². The fourth-order valence-electron chi connectivity index (χ4n) is 3.63. The summed E-state index contributed by atoms with van der Waals surface area (Å²) in [5, 5.41) is 9.29. The lowest BCUT2D eigenvalue weighted by Crippen LogP contribution is -2.67. The molecule has 214 valence electrons. The van der Waals surface area contributed by atoms with Crippen molar-refractivity contribution >= 4 is 23.8 Å². The van der Waals surface area contributed by atoms with E-state index in [4.69, 9.17) is 29.5 Å². The first-order valence-corrected chi connectivity index (χ1v) is 12.6. The second-order valence-electron chi connectivity index (χ2n) is 8.58. The number of amides is 1. The van der Waals surface area contributed by atoms with Crippen LogP contribution in [0, 0.1) is 0 Å². The predicted octanol–water partition coefficient (Wildman–Crippen LogP) is -1.53. The molecular formula is C23H43N5O9.